The second-order valence-electron chi connectivity index (χ2n) is 6.31. The Bertz CT molecular complexity index is 561. The van der Waals surface area contributed by atoms with E-state index in [1.807, 2.05) is 0 Å². The Morgan fingerprint density at radius 3 is 3.05 bits per heavy atom. The van der Waals surface area contributed by atoms with E-state index in [-0.39, 0.29) is 0 Å². The number of fused-ring (bicyclic) bond motifs is 1. The van der Waals surface area contributed by atoms with Gasteiger partial charge in [0.1, 0.15) is 11.9 Å². The van der Waals surface area contributed by atoms with Crippen molar-refractivity contribution in [1.29, 1.82) is 5.26 Å². The third kappa shape index (κ3) is 2.63. The zero-order valence-corrected chi connectivity index (χ0v) is 12.8. The van der Waals surface area contributed by atoms with Crippen LogP contribution in [0.2, 0.25) is 0 Å². The number of nitriles is 1. The Labute approximate surface area is 127 Å². The maximum absolute atomic E-state index is 9.49. The van der Waals surface area contributed by atoms with E-state index >= 15 is 0 Å². The van der Waals surface area contributed by atoms with E-state index in [1.165, 1.54) is 24.1 Å². The molecule has 1 aliphatic heterocycles. The molecule has 2 heterocycles. The van der Waals surface area contributed by atoms with Crippen molar-refractivity contribution in [3.8, 4) is 6.07 Å². The monoisotopic (exact) mass is 284 g/mol. The Morgan fingerprint density at radius 2 is 2.33 bits per heavy atom. The molecule has 0 saturated carbocycles. The topological polar surface area (TPSA) is 65.9 Å². The molecule has 3 rings (SSSR count). The van der Waals surface area contributed by atoms with Crippen molar-refractivity contribution in [3.63, 3.8) is 0 Å². The standard InChI is InChI=1S/C17H24N4/c1-2-12-6-7-21(15(8-12)11-19)17-14(10-18)9-13-4-3-5-16(13)20-17/h9,12,15H,2-8,11,19H2,1H3. The number of hydrogen-bond acceptors (Lipinski definition) is 4. The van der Waals surface area contributed by atoms with Crippen LogP contribution >= 0.6 is 0 Å². The fraction of sp³-hybridized carbons (Fsp3) is 0.647. The van der Waals surface area contributed by atoms with E-state index in [0.717, 1.165) is 49.5 Å². The number of anilines is 1. The first-order valence-electron chi connectivity index (χ1n) is 8.16. The van der Waals surface area contributed by atoms with Crippen LogP contribution in [0.1, 0.15) is 49.4 Å². The van der Waals surface area contributed by atoms with E-state index in [2.05, 4.69) is 24.0 Å². The highest BCUT2D eigenvalue weighted by Gasteiger charge is 2.30. The first-order chi connectivity index (χ1) is 10.3. The summed E-state index contributed by atoms with van der Waals surface area (Å²) in [6.07, 6.45) is 6.79. The molecule has 0 aromatic carbocycles. The van der Waals surface area contributed by atoms with Crippen molar-refractivity contribution >= 4 is 5.82 Å². The van der Waals surface area contributed by atoms with Gasteiger partial charge in [0.15, 0.2) is 0 Å². The molecule has 0 spiro atoms. The van der Waals surface area contributed by atoms with Crippen molar-refractivity contribution < 1.29 is 0 Å². The van der Waals surface area contributed by atoms with Gasteiger partial charge in [-0.1, -0.05) is 13.3 Å². The number of rotatable bonds is 3. The van der Waals surface area contributed by atoms with Gasteiger partial charge in [0.2, 0.25) is 0 Å². The zero-order valence-electron chi connectivity index (χ0n) is 12.8. The smallest absolute Gasteiger partial charge is 0.147 e. The molecule has 1 fully saturated rings. The lowest BCUT2D eigenvalue weighted by atomic mass is 9.88. The fourth-order valence-corrected chi connectivity index (χ4v) is 3.77. The van der Waals surface area contributed by atoms with Gasteiger partial charge >= 0.3 is 0 Å². The molecular weight excluding hydrogens is 260 g/mol. The van der Waals surface area contributed by atoms with Gasteiger partial charge in [-0.25, -0.2) is 4.98 Å². The molecule has 2 unspecified atom stereocenters. The van der Waals surface area contributed by atoms with Crippen LogP contribution in [0.5, 0.6) is 0 Å². The number of nitrogens with zero attached hydrogens (tertiary/aromatic N) is 3. The van der Waals surface area contributed by atoms with E-state index in [9.17, 15) is 5.26 Å². The quantitative estimate of drug-likeness (QED) is 0.925. The maximum Gasteiger partial charge on any atom is 0.147 e. The highest BCUT2D eigenvalue weighted by molar-refractivity contribution is 5.57. The summed E-state index contributed by atoms with van der Waals surface area (Å²) in [5.41, 5.74) is 9.18. The van der Waals surface area contributed by atoms with Crippen LogP contribution in [0.3, 0.4) is 0 Å². The summed E-state index contributed by atoms with van der Waals surface area (Å²) in [7, 11) is 0. The normalized spacial score (nSPS) is 24.7. The fourth-order valence-electron chi connectivity index (χ4n) is 3.77. The summed E-state index contributed by atoms with van der Waals surface area (Å²) in [5, 5.41) is 9.49. The lowest BCUT2D eigenvalue weighted by Gasteiger charge is -2.40. The molecule has 1 saturated heterocycles. The van der Waals surface area contributed by atoms with Gasteiger partial charge in [-0.3, -0.25) is 0 Å². The first-order valence-corrected chi connectivity index (χ1v) is 8.16. The maximum atomic E-state index is 9.49. The van der Waals surface area contributed by atoms with Crippen molar-refractivity contribution in [3.05, 3.63) is 22.9 Å². The summed E-state index contributed by atoms with van der Waals surface area (Å²) in [5.74, 6) is 1.64. The third-order valence-electron chi connectivity index (χ3n) is 5.10. The molecule has 1 aromatic rings. The minimum Gasteiger partial charge on any atom is -0.351 e. The molecule has 2 aliphatic rings. The van der Waals surface area contributed by atoms with Crippen LogP contribution in [0.15, 0.2) is 6.07 Å². The van der Waals surface area contributed by atoms with Crippen LogP contribution in [0.4, 0.5) is 5.82 Å². The van der Waals surface area contributed by atoms with Crippen LogP contribution in [-0.2, 0) is 12.8 Å². The van der Waals surface area contributed by atoms with Crippen LogP contribution in [0.25, 0.3) is 0 Å². The van der Waals surface area contributed by atoms with Gasteiger partial charge in [0, 0.05) is 24.8 Å². The number of aryl methyl sites for hydroxylation is 2. The highest BCUT2D eigenvalue weighted by atomic mass is 15.2. The Balaban J connectivity index is 1.94. The number of nitrogens with two attached hydrogens (primary N) is 1. The Morgan fingerprint density at radius 1 is 1.48 bits per heavy atom. The Kier molecular flexibility index (Phi) is 4.12. The predicted octanol–water partition coefficient (Wildman–Crippen LogP) is 2.40. The molecule has 1 aliphatic carbocycles. The van der Waals surface area contributed by atoms with Crippen molar-refractivity contribution in [2.45, 2.75) is 51.5 Å². The minimum atomic E-state index is 0.322. The van der Waals surface area contributed by atoms with Crippen molar-refractivity contribution in [2.24, 2.45) is 11.7 Å². The first kappa shape index (κ1) is 14.3. The molecule has 112 valence electrons. The SMILES string of the molecule is CCC1CCN(c2nc3c(cc2C#N)CCC3)C(CN)C1. The second kappa shape index (κ2) is 6.03. The molecule has 2 N–H and O–H groups in total. The van der Waals surface area contributed by atoms with Crippen LogP contribution in [-0.4, -0.2) is 24.1 Å². The second-order valence-corrected chi connectivity index (χ2v) is 6.31. The summed E-state index contributed by atoms with van der Waals surface area (Å²) < 4.78 is 0. The largest absolute Gasteiger partial charge is 0.351 e. The molecule has 2 atom stereocenters. The van der Waals surface area contributed by atoms with Gasteiger partial charge in [0.05, 0.1) is 5.56 Å². The lowest BCUT2D eigenvalue weighted by molar-refractivity contribution is 0.334. The van der Waals surface area contributed by atoms with Crippen molar-refractivity contribution in [2.75, 3.05) is 18.0 Å². The lowest BCUT2D eigenvalue weighted by Crippen LogP contribution is -2.47. The van der Waals surface area contributed by atoms with E-state index in [4.69, 9.17) is 10.7 Å². The molecule has 0 bridgehead atoms. The molecule has 4 heteroatoms. The van der Waals surface area contributed by atoms with Gasteiger partial charge in [-0.15, -0.1) is 0 Å². The molecule has 21 heavy (non-hydrogen) atoms. The predicted molar refractivity (Wildman–Crippen MR) is 84.2 cm³/mol. The van der Waals surface area contributed by atoms with Gasteiger partial charge in [-0.2, -0.15) is 5.26 Å². The van der Waals surface area contributed by atoms with E-state index in [1.54, 1.807) is 0 Å². The third-order valence-corrected chi connectivity index (χ3v) is 5.10. The summed E-state index contributed by atoms with van der Waals surface area (Å²) >= 11 is 0. The molecule has 0 radical (unpaired) electrons. The average Bonchev–Trinajstić information content (AvgIpc) is 3.00. The van der Waals surface area contributed by atoms with Gasteiger partial charge in [-0.05, 0) is 49.7 Å². The highest BCUT2D eigenvalue weighted by Crippen LogP contribution is 2.32. The minimum absolute atomic E-state index is 0.322. The summed E-state index contributed by atoms with van der Waals surface area (Å²) in [4.78, 5) is 7.14. The van der Waals surface area contributed by atoms with Gasteiger partial charge in [0.25, 0.3) is 0 Å². The van der Waals surface area contributed by atoms with Gasteiger partial charge < -0.3 is 10.6 Å². The van der Waals surface area contributed by atoms with Crippen LogP contribution < -0.4 is 10.6 Å². The summed E-state index contributed by atoms with van der Waals surface area (Å²) in [6, 6.07) is 4.73. The number of piperidine rings is 1. The number of pyridine rings is 1. The van der Waals surface area contributed by atoms with Crippen molar-refractivity contribution in [1.82, 2.24) is 4.98 Å². The Hall–Kier alpha value is -1.60. The number of aromatic nitrogens is 1. The van der Waals surface area contributed by atoms with E-state index < -0.39 is 0 Å². The molecule has 4 nitrogen and oxygen atoms in total. The molecule has 1 aromatic heterocycles. The van der Waals surface area contributed by atoms with E-state index in [0.29, 0.717) is 12.6 Å². The van der Waals surface area contributed by atoms with Crippen LogP contribution in [0, 0.1) is 17.2 Å². The molecule has 0 amide bonds. The summed E-state index contributed by atoms with van der Waals surface area (Å²) in [6.45, 7) is 3.86. The molecular formula is C17H24N4. The number of hydrogen-bond donors (Lipinski definition) is 1. The zero-order chi connectivity index (χ0) is 14.8. The average molecular weight is 284 g/mol.